The third-order valence-electron chi connectivity index (χ3n) is 5.21. The van der Waals surface area contributed by atoms with E-state index in [0.717, 1.165) is 19.1 Å². The summed E-state index contributed by atoms with van der Waals surface area (Å²) in [7, 11) is 0. The number of ether oxygens (including phenoxy) is 1. The molecule has 25 heavy (non-hydrogen) atoms. The summed E-state index contributed by atoms with van der Waals surface area (Å²) in [5.74, 6) is 3.53. The highest BCUT2D eigenvalue weighted by atomic mass is 32.2. The standard InChI is InChI=1S/C23H48OS/c1-4-23(3)19-18-21-24-20-16-14-12-10-8-6-7-9-11-13-15-17-22-25-5-2/h23H,4-22H2,1-3H3/t23-/m1/s1. The molecule has 0 amide bonds. The van der Waals surface area contributed by atoms with E-state index in [-0.39, 0.29) is 0 Å². The summed E-state index contributed by atoms with van der Waals surface area (Å²) >= 11 is 2.09. The van der Waals surface area contributed by atoms with Crippen molar-refractivity contribution in [1.29, 1.82) is 0 Å². The van der Waals surface area contributed by atoms with Gasteiger partial charge in [-0.1, -0.05) is 91.4 Å². The van der Waals surface area contributed by atoms with E-state index in [1.807, 2.05) is 0 Å². The van der Waals surface area contributed by atoms with Crippen LogP contribution in [-0.2, 0) is 4.74 Å². The second kappa shape index (κ2) is 22.4. The van der Waals surface area contributed by atoms with Crippen LogP contribution in [0.3, 0.4) is 0 Å². The fourth-order valence-corrected chi connectivity index (χ4v) is 3.86. The Kier molecular flexibility index (Phi) is 22.6. The first-order valence-electron chi connectivity index (χ1n) is 11.5. The van der Waals surface area contributed by atoms with Crippen LogP contribution in [0.5, 0.6) is 0 Å². The van der Waals surface area contributed by atoms with Crippen LogP contribution >= 0.6 is 11.8 Å². The molecule has 0 spiro atoms. The first kappa shape index (κ1) is 25.3. The van der Waals surface area contributed by atoms with E-state index >= 15 is 0 Å². The lowest BCUT2D eigenvalue weighted by Gasteiger charge is -2.08. The molecule has 0 heterocycles. The minimum Gasteiger partial charge on any atom is -0.381 e. The fraction of sp³-hybridized carbons (Fsp3) is 1.00. The van der Waals surface area contributed by atoms with E-state index in [4.69, 9.17) is 4.74 Å². The average Bonchev–Trinajstić information content (AvgIpc) is 2.63. The minimum absolute atomic E-state index is 0.869. The molecule has 2 heteroatoms. The molecule has 0 aliphatic rings. The molecule has 0 bridgehead atoms. The first-order chi connectivity index (χ1) is 12.3. The number of rotatable bonds is 21. The highest BCUT2D eigenvalue weighted by Gasteiger charge is 1.98. The Morgan fingerprint density at radius 3 is 1.64 bits per heavy atom. The lowest BCUT2D eigenvalue weighted by atomic mass is 10.0. The summed E-state index contributed by atoms with van der Waals surface area (Å²) in [6.07, 6.45) is 21.0. The fourth-order valence-electron chi connectivity index (χ4n) is 3.16. The number of unbranched alkanes of at least 4 members (excludes halogenated alkanes) is 11. The highest BCUT2D eigenvalue weighted by Crippen LogP contribution is 2.13. The smallest absolute Gasteiger partial charge is 0.0466 e. The molecule has 0 rings (SSSR count). The molecule has 1 nitrogen and oxygen atoms in total. The quantitative estimate of drug-likeness (QED) is 0.187. The summed E-state index contributed by atoms with van der Waals surface area (Å²) in [4.78, 5) is 0. The molecule has 1 atom stereocenters. The third-order valence-corrected chi connectivity index (χ3v) is 6.20. The number of thioether (sulfide) groups is 1. The second-order valence-corrected chi connectivity index (χ2v) is 9.10. The molecule has 0 radical (unpaired) electrons. The Labute approximate surface area is 164 Å². The van der Waals surface area contributed by atoms with E-state index < -0.39 is 0 Å². The van der Waals surface area contributed by atoms with Crippen molar-refractivity contribution >= 4 is 11.8 Å². The predicted molar refractivity (Wildman–Crippen MR) is 118 cm³/mol. The Morgan fingerprint density at radius 1 is 0.640 bits per heavy atom. The van der Waals surface area contributed by atoms with Crippen LogP contribution < -0.4 is 0 Å². The van der Waals surface area contributed by atoms with Crippen LogP contribution in [0.1, 0.15) is 117 Å². The zero-order valence-electron chi connectivity index (χ0n) is 17.8. The van der Waals surface area contributed by atoms with E-state index in [1.54, 1.807) is 0 Å². The zero-order chi connectivity index (χ0) is 18.4. The van der Waals surface area contributed by atoms with E-state index in [2.05, 4.69) is 32.5 Å². The van der Waals surface area contributed by atoms with Crippen LogP contribution in [-0.4, -0.2) is 24.7 Å². The first-order valence-corrected chi connectivity index (χ1v) is 12.6. The summed E-state index contributed by atoms with van der Waals surface area (Å²) in [6.45, 7) is 8.84. The van der Waals surface area contributed by atoms with Gasteiger partial charge in [-0.2, -0.15) is 11.8 Å². The molecule has 0 saturated heterocycles. The van der Waals surface area contributed by atoms with Crippen molar-refractivity contribution in [3.8, 4) is 0 Å². The van der Waals surface area contributed by atoms with Gasteiger partial charge in [0.05, 0.1) is 0 Å². The van der Waals surface area contributed by atoms with Gasteiger partial charge in [-0.3, -0.25) is 0 Å². The van der Waals surface area contributed by atoms with Gasteiger partial charge in [0.25, 0.3) is 0 Å². The van der Waals surface area contributed by atoms with Crippen molar-refractivity contribution in [1.82, 2.24) is 0 Å². The SMILES string of the molecule is CCSCCCCCCCCCCCCCCOCCC[C@H](C)CC. The van der Waals surface area contributed by atoms with Crippen molar-refractivity contribution in [2.45, 2.75) is 117 Å². The summed E-state index contributed by atoms with van der Waals surface area (Å²) in [5.41, 5.74) is 0. The molecule has 0 aliphatic carbocycles. The molecular formula is C23H48OS. The van der Waals surface area contributed by atoms with Gasteiger partial charge in [0.1, 0.15) is 0 Å². The van der Waals surface area contributed by atoms with Crippen LogP contribution in [0.15, 0.2) is 0 Å². The second-order valence-electron chi connectivity index (χ2n) is 7.71. The number of hydrogen-bond acceptors (Lipinski definition) is 2. The average molecular weight is 373 g/mol. The molecular weight excluding hydrogens is 324 g/mol. The lowest BCUT2D eigenvalue weighted by Crippen LogP contribution is -2.00. The molecule has 0 fully saturated rings. The van der Waals surface area contributed by atoms with Gasteiger partial charge in [-0.05, 0) is 43.1 Å². The lowest BCUT2D eigenvalue weighted by molar-refractivity contribution is 0.123. The molecule has 0 saturated carbocycles. The van der Waals surface area contributed by atoms with E-state index in [1.165, 1.54) is 108 Å². The highest BCUT2D eigenvalue weighted by molar-refractivity contribution is 7.99. The largest absolute Gasteiger partial charge is 0.381 e. The van der Waals surface area contributed by atoms with E-state index in [0.29, 0.717) is 0 Å². The molecule has 152 valence electrons. The molecule has 0 aliphatic heterocycles. The van der Waals surface area contributed by atoms with Crippen molar-refractivity contribution in [3.63, 3.8) is 0 Å². The van der Waals surface area contributed by atoms with Crippen molar-refractivity contribution in [2.75, 3.05) is 24.7 Å². The monoisotopic (exact) mass is 372 g/mol. The zero-order valence-corrected chi connectivity index (χ0v) is 18.6. The van der Waals surface area contributed by atoms with Gasteiger partial charge in [0.2, 0.25) is 0 Å². The van der Waals surface area contributed by atoms with Crippen LogP contribution in [0.4, 0.5) is 0 Å². The predicted octanol–water partition coefficient (Wildman–Crippen LogP) is 8.26. The number of hydrogen-bond donors (Lipinski definition) is 0. The van der Waals surface area contributed by atoms with Gasteiger partial charge < -0.3 is 4.74 Å². The van der Waals surface area contributed by atoms with Gasteiger partial charge in [0.15, 0.2) is 0 Å². The van der Waals surface area contributed by atoms with Gasteiger partial charge in [-0.15, -0.1) is 0 Å². The Bertz CT molecular complexity index is 232. The van der Waals surface area contributed by atoms with Gasteiger partial charge in [-0.25, -0.2) is 0 Å². The Hall–Kier alpha value is 0.310. The topological polar surface area (TPSA) is 9.23 Å². The van der Waals surface area contributed by atoms with Crippen LogP contribution in [0.2, 0.25) is 0 Å². The molecule has 0 unspecified atom stereocenters. The molecule has 0 N–H and O–H groups in total. The summed E-state index contributed by atoms with van der Waals surface area (Å²) in [6, 6.07) is 0. The Balaban J connectivity index is 2.98. The van der Waals surface area contributed by atoms with E-state index in [9.17, 15) is 0 Å². The Morgan fingerprint density at radius 2 is 1.12 bits per heavy atom. The van der Waals surface area contributed by atoms with Crippen molar-refractivity contribution in [3.05, 3.63) is 0 Å². The summed E-state index contributed by atoms with van der Waals surface area (Å²) in [5, 5.41) is 0. The maximum atomic E-state index is 5.74. The normalized spacial score (nSPS) is 12.6. The molecule has 0 aromatic rings. The summed E-state index contributed by atoms with van der Waals surface area (Å²) < 4.78 is 5.74. The van der Waals surface area contributed by atoms with Crippen molar-refractivity contribution in [2.24, 2.45) is 5.92 Å². The van der Waals surface area contributed by atoms with Gasteiger partial charge >= 0.3 is 0 Å². The minimum atomic E-state index is 0.869. The molecule has 0 aromatic carbocycles. The third kappa shape index (κ3) is 22.3. The van der Waals surface area contributed by atoms with Crippen molar-refractivity contribution < 1.29 is 4.74 Å². The maximum Gasteiger partial charge on any atom is 0.0466 e. The maximum absolute atomic E-state index is 5.74. The van der Waals surface area contributed by atoms with Gasteiger partial charge in [0, 0.05) is 13.2 Å². The van der Waals surface area contributed by atoms with Crippen LogP contribution in [0.25, 0.3) is 0 Å². The molecule has 0 aromatic heterocycles. The van der Waals surface area contributed by atoms with Crippen LogP contribution in [0, 0.1) is 5.92 Å².